The van der Waals surface area contributed by atoms with E-state index < -0.39 is 12.0 Å². The molecule has 8 nitrogen and oxygen atoms in total. The van der Waals surface area contributed by atoms with E-state index >= 15 is 0 Å². The predicted octanol–water partition coefficient (Wildman–Crippen LogP) is 4.13. The van der Waals surface area contributed by atoms with Crippen LogP contribution in [0.2, 0.25) is 5.15 Å². The largest absolute Gasteiger partial charge is 0.490 e. The quantitative estimate of drug-likeness (QED) is 0.430. The molecule has 3 aromatic heterocycles. The van der Waals surface area contributed by atoms with Crippen LogP contribution >= 0.6 is 11.6 Å². The van der Waals surface area contributed by atoms with Crippen molar-refractivity contribution >= 4 is 33.5 Å². The molecule has 6 rings (SSSR count). The number of hydrogen-bond donors (Lipinski definition) is 0. The summed E-state index contributed by atoms with van der Waals surface area (Å²) < 4.78 is 27.0. The zero-order chi connectivity index (χ0) is 21.9. The van der Waals surface area contributed by atoms with E-state index in [9.17, 15) is 0 Å². The second-order valence-corrected chi connectivity index (χ2v) is 8.75. The van der Waals surface area contributed by atoms with Crippen molar-refractivity contribution in [3.05, 3.63) is 60.3 Å². The van der Waals surface area contributed by atoms with Gasteiger partial charge in [0.05, 0.1) is 10.9 Å². The molecular formula is C23H21ClN4O4. The molecule has 0 bridgehead atoms. The zero-order valence-electron chi connectivity index (χ0n) is 17.5. The Morgan fingerprint density at radius 2 is 1.91 bits per heavy atom. The number of benzene rings is 1. The third-order valence-corrected chi connectivity index (χ3v) is 6.17. The van der Waals surface area contributed by atoms with Gasteiger partial charge in [0.2, 0.25) is 0 Å². The van der Waals surface area contributed by atoms with Gasteiger partial charge in [-0.25, -0.2) is 9.97 Å². The van der Waals surface area contributed by atoms with Gasteiger partial charge in [-0.15, -0.1) is 0 Å². The summed E-state index contributed by atoms with van der Waals surface area (Å²) in [6, 6.07) is 11.6. The van der Waals surface area contributed by atoms with Crippen LogP contribution in [0, 0.1) is 0 Å². The van der Waals surface area contributed by atoms with E-state index in [1.165, 1.54) is 6.33 Å². The fraction of sp³-hybridized carbons (Fsp3) is 0.348. The summed E-state index contributed by atoms with van der Waals surface area (Å²) in [7, 11) is 0. The molecule has 32 heavy (non-hydrogen) atoms. The van der Waals surface area contributed by atoms with Gasteiger partial charge in [-0.3, -0.25) is 4.98 Å². The first-order chi connectivity index (χ1) is 15.5. The van der Waals surface area contributed by atoms with Crippen LogP contribution in [-0.2, 0) is 14.2 Å². The van der Waals surface area contributed by atoms with Crippen molar-refractivity contribution in [2.24, 2.45) is 0 Å². The molecular weight excluding hydrogens is 432 g/mol. The van der Waals surface area contributed by atoms with Crippen molar-refractivity contribution in [2.75, 3.05) is 6.61 Å². The van der Waals surface area contributed by atoms with Crippen LogP contribution in [0.3, 0.4) is 0 Å². The molecule has 1 aromatic carbocycles. The highest BCUT2D eigenvalue weighted by atomic mass is 35.5. The van der Waals surface area contributed by atoms with Gasteiger partial charge in [-0.05, 0) is 44.2 Å². The van der Waals surface area contributed by atoms with Gasteiger partial charge in [-0.2, -0.15) is 0 Å². The topological polar surface area (TPSA) is 80.5 Å². The molecule has 0 N–H and O–H groups in total. The third-order valence-electron chi connectivity index (χ3n) is 5.87. The summed E-state index contributed by atoms with van der Waals surface area (Å²) in [5.74, 6) is 0.0255. The zero-order valence-corrected chi connectivity index (χ0v) is 18.3. The summed E-state index contributed by atoms with van der Waals surface area (Å²) in [5.41, 5.74) is 1.56. The van der Waals surface area contributed by atoms with Gasteiger partial charge in [0.25, 0.3) is 0 Å². The maximum atomic E-state index is 6.42. The molecule has 4 atom stereocenters. The molecule has 0 radical (unpaired) electrons. The molecule has 2 aliphatic heterocycles. The second kappa shape index (κ2) is 7.38. The minimum Gasteiger partial charge on any atom is -0.490 e. The Bertz CT molecular complexity index is 1300. The summed E-state index contributed by atoms with van der Waals surface area (Å²) in [4.78, 5) is 12.9. The summed E-state index contributed by atoms with van der Waals surface area (Å²) >= 11 is 6.24. The van der Waals surface area contributed by atoms with Gasteiger partial charge in [0, 0.05) is 17.8 Å². The lowest BCUT2D eigenvalue weighted by atomic mass is 10.1. The van der Waals surface area contributed by atoms with Crippen molar-refractivity contribution in [3.63, 3.8) is 0 Å². The van der Waals surface area contributed by atoms with E-state index in [0.29, 0.717) is 17.4 Å². The second-order valence-electron chi connectivity index (χ2n) is 8.39. The van der Waals surface area contributed by atoms with E-state index in [0.717, 1.165) is 22.0 Å². The molecule has 2 aliphatic rings. The van der Waals surface area contributed by atoms with Gasteiger partial charge >= 0.3 is 0 Å². The number of ether oxygens (including phenoxy) is 4. The first-order valence-electron chi connectivity index (χ1n) is 10.4. The van der Waals surface area contributed by atoms with E-state index in [1.807, 2.05) is 61.0 Å². The molecule has 0 saturated carbocycles. The molecule has 9 heteroatoms. The Morgan fingerprint density at radius 3 is 2.81 bits per heavy atom. The third kappa shape index (κ3) is 3.22. The SMILES string of the molecule is CC1(C)O[C@@H]2[C@H](O1)[C@@H](COc1cccc3ncccc13)O[C@H]2n1ccc2c(Cl)ncnc21. The van der Waals surface area contributed by atoms with Crippen molar-refractivity contribution < 1.29 is 18.9 Å². The van der Waals surface area contributed by atoms with Crippen LogP contribution in [-0.4, -0.2) is 50.2 Å². The van der Waals surface area contributed by atoms with Crippen molar-refractivity contribution in [1.29, 1.82) is 0 Å². The van der Waals surface area contributed by atoms with E-state index in [2.05, 4.69) is 15.0 Å². The fourth-order valence-corrected chi connectivity index (χ4v) is 4.73. The average Bonchev–Trinajstić information content (AvgIpc) is 3.44. The van der Waals surface area contributed by atoms with Crippen LogP contribution in [0.15, 0.2) is 55.1 Å². The van der Waals surface area contributed by atoms with Crippen LogP contribution < -0.4 is 4.74 Å². The maximum absolute atomic E-state index is 6.42. The summed E-state index contributed by atoms with van der Waals surface area (Å²) in [6.07, 6.45) is 3.71. The number of aromatic nitrogens is 4. The fourth-order valence-electron chi connectivity index (χ4n) is 4.54. The van der Waals surface area contributed by atoms with E-state index in [4.69, 9.17) is 30.5 Å². The average molecular weight is 453 g/mol. The number of fused-ring (bicyclic) bond motifs is 3. The molecule has 5 heterocycles. The Balaban J connectivity index is 1.31. The maximum Gasteiger partial charge on any atom is 0.164 e. The number of rotatable bonds is 4. The molecule has 164 valence electrons. The van der Waals surface area contributed by atoms with E-state index in [1.54, 1.807) is 6.20 Å². The van der Waals surface area contributed by atoms with Crippen LogP contribution in [0.25, 0.3) is 21.9 Å². The first kappa shape index (κ1) is 19.9. The lowest BCUT2D eigenvalue weighted by Crippen LogP contribution is -2.33. The van der Waals surface area contributed by atoms with Gasteiger partial charge in [0.15, 0.2) is 12.0 Å². The number of hydrogen-bond acceptors (Lipinski definition) is 7. The smallest absolute Gasteiger partial charge is 0.164 e. The Kier molecular flexibility index (Phi) is 4.58. The highest BCUT2D eigenvalue weighted by molar-refractivity contribution is 6.33. The van der Waals surface area contributed by atoms with Gasteiger partial charge < -0.3 is 23.5 Å². The van der Waals surface area contributed by atoms with E-state index in [-0.39, 0.29) is 18.3 Å². The number of halogens is 1. The monoisotopic (exact) mass is 452 g/mol. The van der Waals surface area contributed by atoms with Crippen LogP contribution in [0.5, 0.6) is 5.75 Å². The standard InChI is InChI=1S/C23H21ClN4O4/c1-23(2)31-18-17(11-29-16-7-3-6-15-13(16)5-4-9-25-15)30-22(19(18)32-23)28-10-8-14-20(24)26-12-27-21(14)28/h3-10,12,17-19,22H,11H2,1-2H3/t17-,18-,19-,22-/m1/s1. The van der Waals surface area contributed by atoms with Crippen molar-refractivity contribution in [1.82, 2.24) is 19.5 Å². The molecule has 0 unspecified atom stereocenters. The van der Waals surface area contributed by atoms with Crippen LogP contribution in [0.4, 0.5) is 0 Å². The normalized spacial score (nSPS) is 26.6. The summed E-state index contributed by atoms with van der Waals surface area (Å²) in [6.45, 7) is 4.12. The Morgan fingerprint density at radius 1 is 1.03 bits per heavy atom. The highest BCUT2D eigenvalue weighted by Crippen LogP contribution is 2.44. The predicted molar refractivity (Wildman–Crippen MR) is 118 cm³/mol. The Hall–Kier alpha value is -2.78. The molecule has 0 spiro atoms. The van der Waals surface area contributed by atoms with Gasteiger partial charge in [-0.1, -0.05) is 17.7 Å². The summed E-state index contributed by atoms with van der Waals surface area (Å²) in [5, 5.41) is 2.11. The molecule has 2 saturated heterocycles. The first-order valence-corrected chi connectivity index (χ1v) is 10.8. The molecule has 0 amide bonds. The molecule has 2 fully saturated rings. The number of pyridine rings is 1. The van der Waals surface area contributed by atoms with Crippen LogP contribution in [0.1, 0.15) is 20.1 Å². The molecule has 4 aromatic rings. The molecule has 0 aliphatic carbocycles. The van der Waals surface area contributed by atoms with Crippen molar-refractivity contribution in [3.8, 4) is 5.75 Å². The Labute approximate surface area is 189 Å². The minimum absolute atomic E-state index is 0.294. The van der Waals surface area contributed by atoms with Gasteiger partial charge in [0.1, 0.15) is 47.8 Å². The lowest BCUT2D eigenvalue weighted by molar-refractivity contribution is -0.198. The minimum atomic E-state index is -0.728. The number of nitrogens with zero attached hydrogens (tertiary/aromatic N) is 4. The highest BCUT2D eigenvalue weighted by Gasteiger charge is 2.56. The van der Waals surface area contributed by atoms with Crippen molar-refractivity contribution in [2.45, 2.75) is 44.2 Å². The lowest BCUT2D eigenvalue weighted by Gasteiger charge is -2.25.